The molecular formula is C15H18N2O3S. The molecule has 112 valence electrons. The Balaban J connectivity index is 2.06. The molecular weight excluding hydrogens is 288 g/mol. The summed E-state index contributed by atoms with van der Waals surface area (Å²) in [5.41, 5.74) is 1.87. The van der Waals surface area contributed by atoms with Crippen molar-refractivity contribution in [2.75, 3.05) is 12.4 Å². The average Bonchev–Trinajstić information content (AvgIpc) is 2.75. The van der Waals surface area contributed by atoms with Crippen LogP contribution < -0.4 is 4.74 Å². The second-order valence-electron chi connectivity index (χ2n) is 5.09. The zero-order valence-corrected chi connectivity index (χ0v) is 12.7. The first-order valence-electron chi connectivity index (χ1n) is 7.19. The number of benzene rings is 1. The van der Waals surface area contributed by atoms with Gasteiger partial charge in [0, 0.05) is 6.04 Å². The maximum absolute atomic E-state index is 10.8. The first-order valence-corrected chi connectivity index (χ1v) is 8.17. The third-order valence-electron chi connectivity index (χ3n) is 3.72. The van der Waals surface area contributed by atoms with E-state index in [9.17, 15) is 4.79 Å². The van der Waals surface area contributed by atoms with Gasteiger partial charge in [0.1, 0.15) is 11.3 Å². The third-order valence-corrected chi connectivity index (χ3v) is 4.65. The highest BCUT2D eigenvalue weighted by Gasteiger charge is 2.26. The molecule has 2 aromatic rings. The van der Waals surface area contributed by atoms with Crippen LogP contribution in [0.15, 0.2) is 23.4 Å². The van der Waals surface area contributed by atoms with Gasteiger partial charge in [-0.05, 0) is 38.3 Å². The number of nitrogens with zero attached hydrogens (tertiary/aromatic N) is 2. The fraction of sp³-hybridized carbons (Fsp3) is 0.467. The summed E-state index contributed by atoms with van der Waals surface area (Å²) in [6.07, 6.45) is 3.48. The molecule has 0 saturated heterocycles. The molecule has 0 aliphatic heterocycles. The molecule has 1 N–H and O–H groups in total. The minimum Gasteiger partial charge on any atom is -0.492 e. The number of para-hydroxylation sites is 1. The zero-order chi connectivity index (χ0) is 14.8. The molecule has 1 aliphatic rings. The number of carboxylic acids is 1. The monoisotopic (exact) mass is 306 g/mol. The van der Waals surface area contributed by atoms with Crippen molar-refractivity contribution >= 4 is 28.8 Å². The van der Waals surface area contributed by atoms with Gasteiger partial charge in [0.2, 0.25) is 0 Å². The van der Waals surface area contributed by atoms with Crippen LogP contribution in [0, 0.1) is 0 Å². The highest BCUT2D eigenvalue weighted by molar-refractivity contribution is 7.99. The highest BCUT2D eigenvalue weighted by Crippen LogP contribution is 2.39. The van der Waals surface area contributed by atoms with Crippen LogP contribution in [0.4, 0.5) is 0 Å². The first kappa shape index (κ1) is 14.3. The van der Waals surface area contributed by atoms with Gasteiger partial charge in [-0.15, -0.1) is 0 Å². The quantitative estimate of drug-likeness (QED) is 0.829. The number of carboxylic acid groups (broad SMARTS) is 1. The number of rotatable bonds is 6. The molecule has 0 amide bonds. The standard InChI is InChI=1S/C15H18N2O3S/c1-2-20-12-8-4-7-11-14(12)16-15(21-9-13(18)19)17(11)10-5-3-6-10/h4,7-8,10H,2-3,5-6,9H2,1H3,(H,18,19). The Labute approximate surface area is 127 Å². The molecule has 1 aromatic heterocycles. The Kier molecular flexibility index (Phi) is 4.05. The normalized spacial score (nSPS) is 15.1. The van der Waals surface area contributed by atoms with E-state index < -0.39 is 5.97 Å². The molecule has 0 unspecified atom stereocenters. The van der Waals surface area contributed by atoms with Crippen molar-refractivity contribution in [3.8, 4) is 5.75 Å². The van der Waals surface area contributed by atoms with E-state index in [-0.39, 0.29) is 5.75 Å². The van der Waals surface area contributed by atoms with Gasteiger partial charge in [-0.2, -0.15) is 0 Å². The van der Waals surface area contributed by atoms with Gasteiger partial charge in [-0.25, -0.2) is 4.98 Å². The summed E-state index contributed by atoms with van der Waals surface area (Å²) in [5.74, 6) is -0.0255. The molecule has 1 saturated carbocycles. The van der Waals surface area contributed by atoms with E-state index in [0.717, 1.165) is 34.8 Å². The van der Waals surface area contributed by atoms with Crippen molar-refractivity contribution in [3.63, 3.8) is 0 Å². The fourth-order valence-corrected chi connectivity index (χ4v) is 3.36. The summed E-state index contributed by atoms with van der Waals surface area (Å²) in [6.45, 7) is 2.54. The van der Waals surface area contributed by atoms with Crippen LogP contribution in [0.1, 0.15) is 32.2 Å². The highest BCUT2D eigenvalue weighted by atomic mass is 32.2. The molecule has 1 heterocycles. The summed E-state index contributed by atoms with van der Waals surface area (Å²) in [4.78, 5) is 15.5. The number of hydrogen-bond donors (Lipinski definition) is 1. The Hall–Kier alpha value is -1.69. The Morgan fingerprint density at radius 2 is 2.33 bits per heavy atom. The summed E-state index contributed by atoms with van der Waals surface area (Å²) in [7, 11) is 0. The van der Waals surface area contributed by atoms with Crippen LogP contribution in [-0.2, 0) is 4.79 Å². The lowest BCUT2D eigenvalue weighted by atomic mass is 9.93. The SMILES string of the molecule is CCOc1cccc2c1nc(SCC(=O)O)n2C1CCC1. The predicted molar refractivity (Wildman–Crippen MR) is 82.1 cm³/mol. The summed E-state index contributed by atoms with van der Waals surface area (Å²) in [6, 6.07) is 6.35. The van der Waals surface area contributed by atoms with E-state index in [4.69, 9.17) is 9.84 Å². The van der Waals surface area contributed by atoms with E-state index >= 15 is 0 Å². The second kappa shape index (κ2) is 5.97. The smallest absolute Gasteiger partial charge is 0.313 e. The van der Waals surface area contributed by atoms with E-state index in [2.05, 4.69) is 9.55 Å². The van der Waals surface area contributed by atoms with Crippen LogP contribution >= 0.6 is 11.8 Å². The Morgan fingerprint density at radius 1 is 1.52 bits per heavy atom. The number of hydrogen-bond acceptors (Lipinski definition) is 4. The molecule has 0 radical (unpaired) electrons. The number of aromatic nitrogens is 2. The van der Waals surface area contributed by atoms with Gasteiger partial charge in [0.15, 0.2) is 5.16 Å². The van der Waals surface area contributed by atoms with Crippen molar-refractivity contribution < 1.29 is 14.6 Å². The van der Waals surface area contributed by atoms with Crippen molar-refractivity contribution in [2.24, 2.45) is 0 Å². The van der Waals surface area contributed by atoms with Gasteiger partial charge < -0.3 is 14.4 Å². The zero-order valence-electron chi connectivity index (χ0n) is 11.9. The molecule has 21 heavy (non-hydrogen) atoms. The lowest BCUT2D eigenvalue weighted by Gasteiger charge is -2.28. The van der Waals surface area contributed by atoms with E-state index in [0.29, 0.717) is 12.6 Å². The average molecular weight is 306 g/mol. The molecule has 1 aliphatic carbocycles. The predicted octanol–water partition coefficient (Wildman–Crippen LogP) is 3.34. The molecule has 1 fully saturated rings. The third kappa shape index (κ3) is 2.72. The van der Waals surface area contributed by atoms with Crippen LogP contribution in [0.3, 0.4) is 0 Å². The van der Waals surface area contributed by atoms with Crippen molar-refractivity contribution in [1.82, 2.24) is 9.55 Å². The first-order chi connectivity index (χ1) is 10.2. The van der Waals surface area contributed by atoms with Crippen LogP contribution in [0.2, 0.25) is 0 Å². The van der Waals surface area contributed by atoms with Gasteiger partial charge in [-0.1, -0.05) is 17.8 Å². The number of carbonyl (C=O) groups is 1. The number of ether oxygens (including phenoxy) is 1. The summed E-state index contributed by atoms with van der Waals surface area (Å²) in [5, 5.41) is 9.69. The van der Waals surface area contributed by atoms with Gasteiger partial charge in [0.05, 0.1) is 17.9 Å². The molecule has 6 heteroatoms. The molecule has 0 atom stereocenters. The van der Waals surface area contributed by atoms with Crippen LogP contribution in [-0.4, -0.2) is 33.0 Å². The Morgan fingerprint density at radius 3 is 2.95 bits per heavy atom. The van der Waals surface area contributed by atoms with Crippen molar-refractivity contribution in [3.05, 3.63) is 18.2 Å². The topological polar surface area (TPSA) is 64.3 Å². The van der Waals surface area contributed by atoms with E-state index in [1.54, 1.807) is 0 Å². The maximum Gasteiger partial charge on any atom is 0.313 e. The molecule has 0 bridgehead atoms. The molecule has 1 aromatic carbocycles. The lowest BCUT2D eigenvalue weighted by molar-refractivity contribution is -0.133. The molecule has 3 rings (SSSR count). The van der Waals surface area contributed by atoms with E-state index in [1.165, 1.54) is 18.2 Å². The molecule has 5 nitrogen and oxygen atoms in total. The minimum absolute atomic E-state index is 0.0278. The minimum atomic E-state index is -0.822. The number of fused-ring (bicyclic) bond motifs is 1. The summed E-state index contributed by atoms with van der Waals surface area (Å²) >= 11 is 1.28. The Bertz CT molecular complexity index is 664. The number of imidazole rings is 1. The largest absolute Gasteiger partial charge is 0.492 e. The second-order valence-corrected chi connectivity index (χ2v) is 6.03. The fourth-order valence-electron chi connectivity index (χ4n) is 2.57. The van der Waals surface area contributed by atoms with Crippen molar-refractivity contribution in [2.45, 2.75) is 37.4 Å². The van der Waals surface area contributed by atoms with Gasteiger partial charge in [0.25, 0.3) is 0 Å². The summed E-state index contributed by atoms with van der Waals surface area (Å²) < 4.78 is 7.83. The number of aliphatic carboxylic acids is 1. The van der Waals surface area contributed by atoms with Gasteiger partial charge in [-0.3, -0.25) is 4.79 Å². The van der Waals surface area contributed by atoms with Crippen LogP contribution in [0.5, 0.6) is 5.75 Å². The van der Waals surface area contributed by atoms with Crippen LogP contribution in [0.25, 0.3) is 11.0 Å². The lowest BCUT2D eigenvalue weighted by Crippen LogP contribution is -2.18. The molecule has 0 spiro atoms. The maximum atomic E-state index is 10.8. The van der Waals surface area contributed by atoms with Gasteiger partial charge >= 0.3 is 5.97 Å². The number of thioether (sulfide) groups is 1. The van der Waals surface area contributed by atoms with Crippen molar-refractivity contribution in [1.29, 1.82) is 0 Å². The van der Waals surface area contributed by atoms with E-state index in [1.807, 2.05) is 25.1 Å².